The van der Waals surface area contributed by atoms with Gasteiger partial charge in [0.1, 0.15) is 0 Å². The third-order valence-electron chi connectivity index (χ3n) is 3.21. The Morgan fingerprint density at radius 3 is 2.47 bits per heavy atom. The molecule has 0 bridgehead atoms. The molecule has 1 N–H and O–H groups in total. The molecular formula is C15H18Cl2N2. The van der Waals surface area contributed by atoms with Gasteiger partial charge in [0, 0.05) is 33.5 Å². The van der Waals surface area contributed by atoms with E-state index in [0.717, 1.165) is 12.1 Å². The molecule has 2 rings (SSSR count). The Morgan fingerprint density at radius 1 is 1.16 bits per heavy atom. The molecule has 19 heavy (non-hydrogen) atoms. The summed E-state index contributed by atoms with van der Waals surface area (Å²) in [5, 5.41) is 4.84. The van der Waals surface area contributed by atoms with Crippen LogP contribution in [0.25, 0.3) is 0 Å². The lowest BCUT2D eigenvalue weighted by molar-refractivity contribution is 0.553. The number of rotatable bonds is 5. The molecule has 0 spiro atoms. The number of aromatic nitrogens is 1. The second-order valence-corrected chi connectivity index (χ2v) is 5.35. The first-order valence-electron chi connectivity index (χ1n) is 6.44. The van der Waals surface area contributed by atoms with Gasteiger partial charge in [0.15, 0.2) is 0 Å². The van der Waals surface area contributed by atoms with Crippen LogP contribution in [0.2, 0.25) is 10.0 Å². The maximum atomic E-state index is 6.23. The third kappa shape index (κ3) is 3.33. The van der Waals surface area contributed by atoms with Crippen molar-refractivity contribution in [1.82, 2.24) is 9.88 Å². The fraction of sp³-hybridized carbons (Fsp3) is 0.333. The van der Waals surface area contributed by atoms with E-state index in [4.69, 9.17) is 23.2 Å². The highest BCUT2D eigenvalue weighted by atomic mass is 35.5. The summed E-state index contributed by atoms with van der Waals surface area (Å²) in [6, 6.07) is 10.1. The van der Waals surface area contributed by atoms with Gasteiger partial charge in [-0.25, -0.2) is 0 Å². The summed E-state index contributed by atoms with van der Waals surface area (Å²) in [6.07, 6.45) is 2.06. The molecule has 1 unspecified atom stereocenters. The van der Waals surface area contributed by atoms with E-state index >= 15 is 0 Å². The predicted molar refractivity (Wildman–Crippen MR) is 82.1 cm³/mol. The van der Waals surface area contributed by atoms with Crippen LogP contribution in [0, 0.1) is 0 Å². The summed E-state index contributed by atoms with van der Waals surface area (Å²) in [4.78, 5) is 0. The zero-order valence-corrected chi connectivity index (χ0v) is 12.7. The minimum absolute atomic E-state index is 0.307. The smallest absolute Gasteiger partial charge is 0.0503 e. The Bertz CT molecular complexity index is 529. The van der Waals surface area contributed by atoms with Crippen LogP contribution in [-0.4, -0.2) is 11.1 Å². The molecule has 1 heterocycles. The van der Waals surface area contributed by atoms with Gasteiger partial charge in [0.05, 0.1) is 6.54 Å². The van der Waals surface area contributed by atoms with Gasteiger partial charge in [-0.2, -0.15) is 0 Å². The zero-order chi connectivity index (χ0) is 13.8. The summed E-state index contributed by atoms with van der Waals surface area (Å²) >= 11 is 12.5. The van der Waals surface area contributed by atoms with E-state index in [-0.39, 0.29) is 0 Å². The second kappa shape index (κ2) is 6.47. The van der Waals surface area contributed by atoms with Crippen molar-refractivity contribution >= 4 is 23.2 Å². The first-order chi connectivity index (χ1) is 9.13. The second-order valence-electron chi connectivity index (χ2n) is 4.54. The molecule has 1 aromatic carbocycles. The molecule has 0 radical (unpaired) electrons. The average molecular weight is 297 g/mol. The summed E-state index contributed by atoms with van der Waals surface area (Å²) in [6.45, 7) is 5.90. The van der Waals surface area contributed by atoms with Gasteiger partial charge in [-0.05, 0) is 37.7 Å². The molecule has 2 nitrogen and oxygen atoms in total. The van der Waals surface area contributed by atoms with E-state index in [1.807, 2.05) is 24.3 Å². The molecular weight excluding hydrogens is 279 g/mol. The summed E-state index contributed by atoms with van der Waals surface area (Å²) in [5.74, 6) is 0. The van der Waals surface area contributed by atoms with Crippen LogP contribution < -0.4 is 5.32 Å². The van der Waals surface area contributed by atoms with Crippen molar-refractivity contribution in [3.63, 3.8) is 0 Å². The van der Waals surface area contributed by atoms with Gasteiger partial charge in [0.25, 0.3) is 0 Å². The van der Waals surface area contributed by atoms with E-state index in [2.05, 4.69) is 36.0 Å². The lowest BCUT2D eigenvalue weighted by atomic mass is 10.2. The van der Waals surface area contributed by atoms with Gasteiger partial charge in [0.2, 0.25) is 0 Å². The molecule has 1 atom stereocenters. The largest absolute Gasteiger partial charge is 0.345 e. The first kappa shape index (κ1) is 14.4. The molecule has 1 aromatic heterocycles. The first-order valence-corrected chi connectivity index (χ1v) is 7.20. The van der Waals surface area contributed by atoms with Gasteiger partial charge < -0.3 is 9.88 Å². The Balaban J connectivity index is 2.27. The fourth-order valence-corrected chi connectivity index (χ4v) is 2.75. The van der Waals surface area contributed by atoms with Crippen LogP contribution in [-0.2, 0) is 6.54 Å². The number of nitrogens with zero attached hydrogens (tertiary/aromatic N) is 1. The summed E-state index contributed by atoms with van der Waals surface area (Å²) in [7, 11) is 0. The number of halogens is 2. The van der Waals surface area contributed by atoms with E-state index in [1.165, 1.54) is 5.69 Å². The van der Waals surface area contributed by atoms with Crippen molar-refractivity contribution in [3.05, 3.63) is 57.8 Å². The van der Waals surface area contributed by atoms with Crippen molar-refractivity contribution < 1.29 is 0 Å². The number of benzene rings is 1. The Kier molecular flexibility index (Phi) is 4.92. The van der Waals surface area contributed by atoms with Gasteiger partial charge >= 0.3 is 0 Å². The average Bonchev–Trinajstić information content (AvgIpc) is 2.82. The monoisotopic (exact) mass is 296 g/mol. The molecule has 0 aliphatic heterocycles. The molecule has 4 heteroatoms. The Hall–Kier alpha value is -0.960. The van der Waals surface area contributed by atoms with Crippen molar-refractivity contribution in [1.29, 1.82) is 0 Å². The molecule has 0 saturated heterocycles. The molecule has 0 saturated carbocycles. The Morgan fingerprint density at radius 2 is 1.84 bits per heavy atom. The minimum atomic E-state index is 0.307. The molecule has 2 aromatic rings. The van der Waals surface area contributed by atoms with Gasteiger partial charge in [-0.3, -0.25) is 0 Å². The number of hydrogen-bond acceptors (Lipinski definition) is 1. The highest BCUT2D eigenvalue weighted by Crippen LogP contribution is 2.26. The fourth-order valence-electron chi connectivity index (χ4n) is 2.23. The van der Waals surface area contributed by atoms with Crippen molar-refractivity contribution in [2.75, 3.05) is 6.54 Å². The van der Waals surface area contributed by atoms with Crippen molar-refractivity contribution in [2.45, 2.75) is 26.4 Å². The third-order valence-corrected chi connectivity index (χ3v) is 3.92. The van der Waals surface area contributed by atoms with E-state index in [9.17, 15) is 0 Å². The molecule has 0 fully saturated rings. The lowest BCUT2D eigenvalue weighted by Gasteiger charge is -2.17. The number of nitrogens with one attached hydrogen (secondary N) is 1. The van der Waals surface area contributed by atoms with Crippen LogP contribution >= 0.6 is 23.2 Å². The van der Waals surface area contributed by atoms with Gasteiger partial charge in [-0.15, -0.1) is 0 Å². The highest BCUT2D eigenvalue weighted by Gasteiger charge is 2.12. The Labute approximate surface area is 124 Å². The maximum Gasteiger partial charge on any atom is 0.0503 e. The molecule has 0 aliphatic rings. The summed E-state index contributed by atoms with van der Waals surface area (Å²) < 4.78 is 2.18. The van der Waals surface area contributed by atoms with E-state index < -0.39 is 0 Å². The van der Waals surface area contributed by atoms with E-state index in [1.54, 1.807) is 0 Å². The summed E-state index contributed by atoms with van der Waals surface area (Å²) in [5.41, 5.74) is 2.20. The maximum absolute atomic E-state index is 6.23. The molecule has 0 amide bonds. The van der Waals surface area contributed by atoms with Crippen LogP contribution in [0.4, 0.5) is 0 Å². The normalized spacial score (nSPS) is 12.6. The van der Waals surface area contributed by atoms with Crippen molar-refractivity contribution in [2.24, 2.45) is 0 Å². The molecule has 0 aliphatic carbocycles. The molecule has 102 valence electrons. The highest BCUT2D eigenvalue weighted by molar-refractivity contribution is 6.35. The van der Waals surface area contributed by atoms with Gasteiger partial charge in [-0.1, -0.05) is 36.2 Å². The standard InChI is InChI=1S/C15H18Cl2N2/c1-3-18-11(2)15-8-5-9-19(15)10-12-13(16)6-4-7-14(12)17/h4-9,11,18H,3,10H2,1-2H3. The number of hydrogen-bond donors (Lipinski definition) is 1. The quantitative estimate of drug-likeness (QED) is 0.859. The van der Waals surface area contributed by atoms with Crippen molar-refractivity contribution in [3.8, 4) is 0 Å². The van der Waals surface area contributed by atoms with Crippen LogP contribution in [0.15, 0.2) is 36.5 Å². The SMILES string of the molecule is CCNC(C)c1cccn1Cc1c(Cl)cccc1Cl. The van der Waals surface area contributed by atoms with Crippen LogP contribution in [0.3, 0.4) is 0 Å². The van der Waals surface area contributed by atoms with Crippen LogP contribution in [0.1, 0.15) is 31.1 Å². The predicted octanol–water partition coefficient (Wildman–Crippen LogP) is 4.51. The topological polar surface area (TPSA) is 17.0 Å². The lowest BCUT2D eigenvalue weighted by Crippen LogP contribution is -2.20. The zero-order valence-electron chi connectivity index (χ0n) is 11.2. The van der Waals surface area contributed by atoms with E-state index in [0.29, 0.717) is 22.6 Å². The van der Waals surface area contributed by atoms with Crippen LogP contribution in [0.5, 0.6) is 0 Å². The minimum Gasteiger partial charge on any atom is -0.345 e.